The molecule has 234 valence electrons. The van der Waals surface area contributed by atoms with Gasteiger partial charge >= 0.3 is 0 Å². The van der Waals surface area contributed by atoms with Crippen molar-refractivity contribution in [3.05, 3.63) is 176 Å². The van der Waals surface area contributed by atoms with Gasteiger partial charge in [0.1, 0.15) is 0 Å². The van der Waals surface area contributed by atoms with Gasteiger partial charge in [0.2, 0.25) is 11.9 Å². The average molecular weight is 640 g/mol. The predicted octanol–water partition coefficient (Wildman–Crippen LogP) is 11.1. The first kappa shape index (κ1) is 28.2. The summed E-state index contributed by atoms with van der Waals surface area (Å²) in [5, 5.41) is 4.63. The lowest BCUT2D eigenvalue weighted by molar-refractivity contribution is 0.893. The van der Waals surface area contributed by atoms with Crippen LogP contribution in [0.1, 0.15) is 0 Å². The van der Waals surface area contributed by atoms with Crippen molar-refractivity contribution in [3.63, 3.8) is 0 Å². The van der Waals surface area contributed by atoms with Crippen molar-refractivity contribution in [2.75, 3.05) is 0 Å². The van der Waals surface area contributed by atoms with Gasteiger partial charge in [-0.05, 0) is 46.5 Å². The second-order valence-corrected chi connectivity index (χ2v) is 12.5. The highest BCUT2D eigenvalue weighted by Gasteiger charge is 2.20. The molecule has 0 bridgehead atoms. The van der Waals surface area contributed by atoms with E-state index < -0.39 is 0 Å². The molecule has 0 spiro atoms. The largest absolute Gasteiger partial charge is 0.278 e. The van der Waals surface area contributed by atoms with Crippen molar-refractivity contribution in [1.29, 1.82) is 0 Å². The molecule has 0 amide bonds. The van der Waals surface area contributed by atoms with Crippen molar-refractivity contribution in [2.45, 2.75) is 0 Å². The summed E-state index contributed by atoms with van der Waals surface area (Å²) < 4.78 is 4.33. The molecule has 0 unspecified atom stereocenters. The van der Waals surface area contributed by atoms with Gasteiger partial charge in [0.05, 0.1) is 22.1 Å². The van der Waals surface area contributed by atoms with E-state index in [4.69, 9.17) is 15.0 Å². The molecule has 0 fully saturated rings. The van der Waals surface area contributed by atoms with Crippen LogP contribution >= 0.6 is 0 Å². The summed E-state index contributed by atoms with van der Waals surface area (Å²) in [6.45, 7) is 0. The van der Waals surface area contributed by atoms with Gasteiger partial charge in [-0.15, -0.1) is 0 Å². The van der Waals surface area contributed by atoms with E-state index in [2.05, 4.69) is 185 Å². The van der Waals surface area contributed by atoms with Crippen molar-refractivity contribution < 1.29 is 0 Å². The Morgan fingerprint density at radius 2 is 0.620 bits per heavy atom. The van der Waals surface area contributed by atoms with Crippen LogP contribution in [-0.4, -0.2) is 24.1 Å². The van der Waals surface area contributed by atoms with Gasteiger partial charge < -0.3 is 0 Å². The number of rotatable bonds is 5. The van der Waals surface area contributed by atoms with Gasteiger partial charge in [-0.2, -0.15) is 15.0 Å². The first-order chi connectivity index (χ1) is 24.8. The molecular formula is C45H29N5. The molecule has 10 rings (SSSR count). The first-order valence-corrected chi connectivity index (χ1v) is 16.8. The summed E-state index contributed by atoms with van der Waals surface area (Å²) >= 11 is 0. The summed E-state index contributed by atoms with van der Waals surface area (Å²) in [5.41, 5.74) is 9.81. The normalized spacial score (nSPS) is 11.6. The Labute approximate surface area is 288 Å². The zero-order valence-corrected chi connectivity index (χ0v) is 27.0. The second kappa shape index (κ2) is 11.4. The van der Waals surface area contributed by atoms with Gasteiger partial charge in [0.15, 0.2) is 5.82 Å². The quantitative estimate of drug-likeness (QED) is 0.188. The highest BCUT2D eigenvalue weighted by Crippen LogP contribution is 2.36. The number of hydrogen-bond donors (Lipinski definition) is 0. The molecule has 0 atom stereocenters. The fourth-order valence-electron chi connectivity index (χ4n) is 7.36. The van der Waals surface area contributed by atoms with Crippen LogP contribution in [0, 0.1) is 0 Å². The van der Waals surface area contributed by atoms with Crippen LogP contribution in [0.15, 0.2) is 176 Å². The number of para-hydroxylation sites is 4. The highest BCUT2D eigenvalue weighted by molar-refractivity contribution is 6.10. The van der Waals surface area contributed by atoms with Crippen LogP contribution < -0.4 is 0 Å². The van der Waals surface area contributed by atoms with E-state index in [1.54, 1.807) is 0 Å². The van der Waals surface area contributed by atoms with E-state index in [0.717, 1.165) is 54.7 Å². The van der Waals surface area contributed by atoms with Crippen molar-refractivity contribution in [3.8, 4) is 45.5 Å². The molecule has 0 aliphatic carbocycles. The molecule has 0 aliphatic heterocycles. The summed E-state index contributed by atoms with van der Waals surface area (Å²) in [4.78, 5) is 15.7. The Bertz CT molecular complexity index is 2630. The standard InChI is InChI=1S/C45H29N5/c1-2-14-30(15-3-1)33-16-4-5-17-34(33)31-26-28-32(29-27-31)43-46-44(49-39-22-10-6-18-35(39)36-19-7-11-23-40(36)49)48-45(47-43)50-41-24-12-8-20-37(41)38-21-9-13-25-42(38)50/h1-29H. The smallest absolute Gasteiger partial charge is 0.240 e. The van der Waals surface area contributed by atoms with E-state index in [0.29, 0.717) is 17.7 Å². The van der Waals surface area contributed by atoms with Crippen LogP contribution in [0.25, 0.3) is 89.2 Å². The molecule has 5 nitrogen and oxygen atoms in total. The highest BCUT2D eigenvalue weighted by atomic mass is 15.3. The Kier molecular flexibility index (Phi) is 6.42. The fourth-order valence-corrected chi connectivity index (χ4v) is 7.36. The van der Waals surface area contributed by atoms with Gasteiger partial charge in [-0.1, -0.05) is 152 Å². The maximum absolute atomic E-state index is 5.26. The molecule has 0 saturated carbocycles. The summed E-state index contributed by atoms with van der Waals surface area (Å²) in [5.74, 6) is 1.75. The van der Waals surface area contributed by atoms with E-state index in [-0.39, 0.29) is 0 Å². The zero-order chi connectivity index (χ0) is 33.0. The number of hydrogen-bond acceptors (Lipinski definition) is 3. The Hall–Kier alpha value is -6.85. The monoisotopic (exact) mass is 639 g/mol. The Morgan fingerprint density at radius 3 is 1.06 bits per heavy atom. The third-order valence-electron chi connectivity index (χ3n) is 9.64. The third kappa shape index (κ3) is 4.45. The topological polar surface area (TPSA) is 48.5 Å². The Balaban J connectivity index is 1.21. The van der Waals surface area contributed by atoms with Crippen LogP contribution in [0.2, 0.25) is 0 Å². The van der Waals surface area contributed by atoms with E-state index in [9.17, 15) is 0 Å². The molecular weight excluding hydrogens is 611 g/mol. The third-order valence-corrected chi connectivity index (χ3v) is 9.64. The van der Waals surface area contributed by atoms with E-state index in [1.807, 2.05) is 0 Å². The van der Waals surface area contributed by atoms with Crippen molar-refractivity contribution in [1.82, 2.24) is 24.1 Å². The molecule has 3 heterocycles. The summed E-state index contributed by atoms with van der Waals surface area (Å²) in [6.07, 6.45) is 0. The van der Waals surface area contributed by atoms with Gasteiger partial charge in [0.25, 0.3) is 0 Å². The van der Waals surface area contributed by atoms with E-state index in [1.165, 1.54) is 16.7 Å². The molecule has 0 aliphatic rings. The number of nitrogens with zero attached hydrogens (tertiary/aromatic N) is 5. The molecule has 3 aromatic heterocycles. The molecule has 5 heteroatoms. The molecule has 10 aromatic rings. The van der Waals surface area contributed by atoms with Crippen LogP contribution in [0.3, 0.4) is 0 Å². The average Bonchev–Trinajstić information content (AvgIpc) is 3.71. The van der Waals surface area contributed by atoms with Crippen molar-refractivity contribution >= 4 is 43.6 Å². The zero-order valence-electron chi connectivity index (χ0n) is 27.0. The first-order valence-electron chi connectivity index (χ1n) is 16.8. The van der Waals surface area contributed by atoms with Gasteiger partial charge in [0, 0.05) is 27.1 Å². The molecule has 0 saturated heterocycles. The lowest BCUT2D eigenvalue weighted by Crippen LogP contribution is -2.10. The van der Waals surface area contributed by atoms with E-state index >= 15 is 0 Å². The van der Waals surface area contributed by atoms with Crippen LogP contribution in [0.5, 0.6) is 0 Å². The predicted molar refractivity (Wildman–Crippen MR) is 205 cm³/mol. The molecule has 0 radical (unpaired) electrons. The van der Waals surface area contributed by atoms with Crippen LogP contribution in [0.4, 0.5) is 0 Å². The number of fused-ring (bicyclic) bond motifs is 6. The van der Waals surface area contributed by atoms with Gasteiger partial charge in [-0.3, -0.25) is 9.13 Å². The summed E-state index contributed by atoms with van der Waals surface area (Å²) in [7, 11) is 0. The minimum absolute atomic E-state index is 0.572. The van der Waals surface area contributed by atoms with Crippen molar-refractivity contribution in [2.24, 2.45) is 0 Å². The maximum Gasteiger partial charge on any atom is 0.240 e. The lowest BCUT2D eigenvalue weighted by atomic mass is 9.94. The number of aromatic nitrogens is 5. The SMILES string of the molecule is c1ccc(-c2ccccc2-c2ccc(-c3nc(-n4c5ccccc5c5ccccc54)nc(-n4c5ccccc5c5ccccc54)n3)cc2)cc1. The lowest BCUT2D eigenvalue weighted by Gasteiger charge is -2.13. The molecule has 50 heavy (non-hydrogen) atoms. The fraction of sp³-hybridized carbons (Fsp3) is 0. The Morgan fingerprint density at radius 1 is 0.280 bits per heavy atom. The summed E-state index contributed by atoms with van der Waals surface area (Å²) in [6, 6.07) is 61.5. The van der Waals surface area contributed by atoms with Crippen LogP contribution in [-0.2, 0) is 0 Å². The molecule has 0 N–H and O–H groups in total. The minimum Gasteiger partial charge on any atom is -0.278 e. The second-order valence-electron chi connectivity index (χ2n) is 12.5. The molecule has 7 aromatic carbocycles. The maximum atomic E-state index is 5.26. The number of benzene rings is 7. The minimum atomic E-state index is 0.572. The van der Waals surface area contributed by atoms with Gasteiger partial charge in [-0.25, -0.2) is 0 Å².